The van der Waals surface area contributed by atoms with Crippen molar-refractivity contribution in [2.24, 2.45) is 0 Å². The Labute approximate surface area is 488 Å². The second-order valence-electron chi connectivity index (χ2n) is 22.9. The number of nitrogens with zero attached hydrogens (tertiary/aromatic N) is 1. The van der Waals surface area contributed by atoms with E-state index in [4.69, 9.17) is 9.47 Å². The number of hydrogen-bond acceptors (Lipinski definition) is 3. The van der Waals surface area contributed by atoms with Gasteiger partial charge in [-0.05, 0) is 156 Å². The van der Waals surface area contributed by atoms with Crippen LogP contribution in [0.1, 0.15) is 66.8 Å². The first kappa shape index (κ1) is 47.0. The molecule has 13 aromatic rings. The van der Waals surface area contributed by atoms with Crippen molar-refractivity contribution in [3.8, 4) is 67.5 Å². The van der Waals surface area contributed by atoms with Crippen LogP contribution in [0, 0.1) is 0 Å². The molecular formula is C81H51NO2. The highest BCUT2D eigenvalue weighted by Gasteiger charge is 2.53. The summed E-state index contributed by atoms with van der Waals surface area (Å²) >= 11 is 0. The van der Waals surface area contributed by atoms with Gasteiger partial charge in [-0.3, -0.25) is 0 Å². The summed E-state index contributed by atoms with van der Waals surface area (Å²) in [6.45, 7) is 0. The van der Waals surface area contributed by atoms with Gasteiger partial charge < -0.3 is 14.4 Å². The predicted molar refractivity (Wildman–Crippen MR) is 339 cm³/mol. The lowest BCUT2D eigenvalue weighted by Gasteiger charge is -2.39. The molecule has 2 aliphatic heterocycles. The van der Waals surface area contributed by atoms with Crippen molar-refractivity contribution in [1.82, 2.24) is 0 Å². The molecule has 0 bridgehead atoms. The van der Waals surface area contributed by atoms with Crippen LogP contribution in [0.3, 0.4) is 0 Å². The summed E-state index contributed by atoms with van der Waals surface area (Å²) < 4.78 is 13.5. The van der Waals surface area contributed by atoms with Crippen LogP contribution < -0.4 is 14.4 Å². The van der Waals surface area contributed by atoms with E-state index in [0.717, 1.165) is 67.9 Å². The normalized spacial score (nSPS) is 14.7. The van der Waals surface area contributed by atoms with E-state index in [1.807, 2.05) is 0 Å². The third-order valence-electron chi connectivity index (χ3n) is 19.1. The largest absolute Gasteiger partial charge is 0.457 e. The molecule has 0 N–H and O–H groups in total. The average molecular weight is 1070 g/mol. The summed E-state index contributed by atoms with van der Waals surface area (Å²) in [5.41, 5.74) is 26.0. The van der Waals surface area contributed by atoms with E-state index in [1.165, 1.54) is 83.5 Å². The first-order chi connectivity index (χ1) is 41.6. The number of hydrogen-bond donors (Lipinski definition) is 0. The molecule has 3 nitrogen and oxygen atoms in total. The lowest BCUT2D eigenvalue weighted by Crippen LogP contribution is -2.32. The minimum atomic E-state index is -0.583. The summed E-state index contributed by atoms with van der Waals surface area (Å²) in [4.78, 5) is 2.47. The Bertz CT molecular complexity index is 4540. The van der Waals surface area contributed by atoms with E-state index in [0.29, 0.717) is 0 Å². The van der Waals surface area contributed by atoms with Gasteiger partial charge in [0.05, 0.1) is 16.2 Å². The summed E-state index contributed by atoms with van der Waals surface area (Å²) in [5, 5.41) is 0. The Kier molecular flexibility index (Phi) is 9.86. The summed E-state index contributed by atoms with van der Waals surface area (Å²) in [7, 11) is 0. The maximum absolute atomic E-state index is 6.73. The van der Waals surface area contributed by atoms with Gasteiger partial charge in [-0.25, -0.2) is 0 Å². The molecule has 3 heteroatoms. The van der Waals surface area contributed by atoms with E-state index in [1.54, 1.807) is 0 Å². The Hall–Kier alpha value is -10.7. The van der Waals surface area contributed by atoms with E-state index >= 15 is 0 Å². The molecule has 0 aromatic heterocycles. The van der Waals surface area contributed by atoms with Crippen molar-refractivity contribution in [3.05, 3.63) is 376 Å². The van der Waals surface area contributed by atoms with Gasteiger partial charge in [0.1, 0.15) is 23.0 Å². The third kappa shape index (κ3) is 6.15. The molecule has 84 heavy (non-hydrogen) atoms. The zero-order valence-electron chi connectivity index (χ0n) is 45.7. The SMILES string of the molecule is c1ccc(C2(c3ccccc3)c3ccccc3-c3ccc(-c4ccc(N(c5ccc6c(c5)-c5ccccc5C65c6ccccc6Oc6ccccc65)c5ccc6c(c5)-c5ccccc5C65c6ccccc6Oc6ccccc65)cc4)cc32)cc1. The second kappa shape index (κ2) is 17.6. The van der Waals surface area contributed by atoms with Crippen LogP contribution >= 0.6 is 0 Å². The van der Waals surface area contributed by atoms with Crippen LogP contribution in [0.4, 0.5) is 17.1 Å². The van der Waals surface area contributed by atoms with E-state index in [9.17, 15) is 0 Å². The minimum Gasteiger partial charge on any atom is -0.457 e. The van der Waals surface area contributed by atoms with Crippen LogP contribution in [-0.4, -0.2) is 0 Å². The van der Waals surface area contributed by atoms with Crippen molar-refractivity contribution in [2.75, 3.05) is 4.90 Å². The zero-order valence-corrected chi connectivity index (χ0v) is 45.7. The van der Waals surface area contributed by atoms with Gasteiger partial charge in [-0.2, -0.15) is 0 Å². The smallest absolute Gasteiger partial charge is 0.132 e. The molecule has 2 spiro atoms. The number of ether oxygens (including phenoxy) is 2. The molecule has 0 unspecified atom stereocenters. The number of anilines is 3. The Morgan fingerprint density at radius 2 is 0.524 bits per heavy atom. The van der Waals surface area contributed by atoms with Crippen LogP contribution in [0.5, 0.6) is 23.0 Å². The van der Waals surface area contributed by atoms with E-state index in [2.05, 4.69) is 314 Å². The monoisotopic (exact) mass is 1070 g/mol. The minimum absolute atomic E-state index is 0.500. The van der Waals surface area contributed by atoms with Gasteiger partial charge in [0.2, 0.25) is 0 Å². The first-order valence-electron chi connectivity index (χ1n) is 29.1. The van der Waals surface area contributed by atoms with Gasteiger partial charge in [-0.15, -0.1) is 0 Å². The van der Waals surface area contributed by atoms with E-state index < -0.39 is 16.2 Å². The second-order valence-corrected chi connectivity index (χ2v) is 22.9. The number of para-hydroxylation sites is 4. The average Bonchev–Trinajstić information content (AvgIpc) is 1.62. The van der Waals surface area contributed by atoms with Crippen molar-refractivity contribution >= 4 is 17.1 Å². The lowest BCUT2D eigenvalue weighted by atomic mass is 9.66. The number of fused-ring (bicyclic) bond motifs is 21. The van der Waals surface area contributed by atoms with Crippen LogP contribution in [0.25, 0.3) is 44.5 Å². The number of benzene rings is 13. The van der Waals surface area contributed by atoms with Gasteiger partial charge in [0.15, 0.2) is 0 Å². The van der Waals surface area contributed by atoms with Gasteiger partial charge >= 0.3 is 0 Å². The van der Waals surface area contributed by atoms with E-state index in [-0.39, 0.29) is 0 Å². The molecule has 0 amide bonds. The molecule has 0 radical (unpaired) electrons. The molecule has 0 fully saturated rings. The van der Waals surface area contributed by atoms with Crippen molar-refractivity contribution in [3.63, 3.8) is 0 Å². The van der Waals surface area contributed by atoms with Crippen molar-refractivity contribution in [1.29, 1.82) is 0 Å². The highest BCUT2D eigenvalue weighted by Crippen LogP contribution is 2.65. The van der Waals surface area contributed by atoms with Gasteiger partial charge in [0, 0.05) is 39.3 Å². The predicted octanol–water partition coefficient (Wildman–Crippen LogP) is 20.1. The fourth-order valence-electron chi connectivity index (χ4n) is 15.8. The molecule has 392 valence electrons. The highest BCUT2D eigenvalue weighted by molar-refractivity contribution is 5.95. The fourth-order valence-corrected chi connectivity index (χ4v) is 15.8. The molecule has 0 saturated carbocycles. The molecule has 5 aliphatic rings. The van der Waals surface area contributed by atoms with Crippen molar-refractivity contribution in [2.45, 2.75) is 16.2 Å². The molecule has 3 aliphatic carbocycles. The highest BCUT2D eigenvalue weighted by atomic mass is 16.5. The summed E-state index contributed by atoms with van der Waals surface area (Å²) in [5.74, 6) is 3.53. The fraction of sp³-hybridized carbons (Fsp3) is 0.0370. The molecule has 0 saturated heterocycles. The topological polar surface area (TPSA) is 21.7 Å². The third-order valence-corrected chi connectivity index (χ3v) is 19.1. The summed E-state index contributed by atoms with van der Waals surface area (Å²) in [6, 6.07) is 114. The molecular weight excluding hydrogens is 1020 g/mol. The zero-order chi connectivity index (χ0) is 55.1. The molecule has 13 aromatic carbocycles. The maximum atomic E-state index is 6.73. The Morgan fingerprint density at radius 3 is 0.964 bits per heavy atom. The number of rotatable bonds is 6. The molecule has 0 atom stereocenters. The molecule has 18 rings (SSSR count). The Balaban J connectivity index is 0.840. The van der Waals surface area contributed by atoms with Gasteiger partial charge in [-0.1, -0.05) is 243 Å². The van der Waals surface area contributed by atoms with Gasteiger partial charge in [0.25, 0.3) is 0 Å². The lowest BCUT2D eigenvalue weighted by molar-refractivity contribution is 0.436. The standard InChI is InChI=1S/C81H51NO2/c1-3-21-54(22-4-1)79(55-23-5-2-6-24-55)65-28-10-7-25-59(65)62-46-41-53(49-74(62)79)52-39-42-56(43-40-52)82(57-44-47-68-63(50-57)60-26-8-11-29-66(60)80(68)70-31-13-17-35-75(70)83-76-36-18-14-32-71(76)80)58-45-48-69-64(51-58)61-27-9-12-30-67(61)81(69)72-33-15-19-37-77(72)84-78-38-20-16-34-73(78)81/h1-51H. The first-order valence-corrected chi connectivity index (χ1v) is 29.1. The quantitative estimate of drug-likeness (QED) is 0.166. The van der Waals surface area contributed by atoms with Crippen LogP contribution in [0.2, 0.25) is 0 Å². The summed E-state index contributed by atoms with van der Waals surface area (Å²) in [6.07, 6.45) is 0. The van der Waals surface area contributed by atoms with Crippen LogP contribution in [0.15, 0.2) is 309 Å². The van der Waals surface area contributed by atoms with Crippen LogP contribution in [-0.2, 0) is 16.2 Å². The maximum Gasteiger partial charge on any atom is 0.132 e. The van der Waals surface area contributed by atoms with Crippen molar-refractivity contribution < 1.29 is 9.47 Å². The molecule has 2 heterocycles. The Morgan fingerprint density at radius 1 is 0.202 bits per heavy atom.